The Morgan fingerprint density at radius 1 is 1.19 bits per heavy atom. The number of ether oxygens (including phenoxy) is 2. The molecular weight excluding hydrogens is 330 g/mol. The first-order valence-corrected chi connectivity index (χ1v) is 9.60. The SMILES string of the molecule is CCCCOc1ccc(N(C)C(=O)[C@H]2CC[C@H](C)CC2)c(C(=O)OC)c1. The molecule has 5 heteroatoms. The third-order valence-corrected chi connectivity index (χ3v) is 5.20. The van der Waals surface area contributed by atoms with Crippen molar-refractivity contribution >= 4 is 17.6 Å². The van der Waals surface area contributed by atoms with Gasteiger partial charge >= 0.3 is 5.97 Å². The average Bonchev–Trinajstić information content (AvgIpc) is 2.67. The molecule has 1 amide bonds. The van der Waals surface area contributed by atoms with Gasteiger partial charge in [0.25, 0.3) is 0 Å². The molecule has 0 radical (unpaired) electrons. The third kappa shape index (κ3) is 4.99. The van der Waals surface area contributed by atoms with Gasteiger partial charge in [-0.1, -0.05) is 20.3 Å². The van der Waals surface area contributed by atoms with Crippen LogP contribution in [0.2, 0.25) is 0 Å². The van der Waals surface area contributed by atoms with Crippen molar-refractivity contribution in [3.05, 3.63) is 23.8 Å². The van der Waals surface area contributed by atoms with Crippen molar-refractivity contribution in [2.45, 2.75) is 52.4 Å². The third-order valence-electron chi connectivity index (χ3n) is 5.20. The lowest BCUT2D eigenvalue weighted by atomic mass is 9.82. The van der Waals surface area contributed by atoms with Crippen LogP contribution in [0.4, 0.5) is 5.69 Å². The molecule has 1 saturated carbocycles. The summed E-state index contributed by atoms with van der Waals surface area (Å²) in [5.74, 6) is 0.950. The van der Waals surface area contributed by atoms with Crippen LogP contribution in [0.15, 0.2) is 18.2 Å². The number of anilines is 1. The van der Waals surface area contributed by atoms with E-state index in [9.17, 15) is 9.59 Å². The number of benzene rings is 1. The summed E-state index contributed by atoms with van der Waals surface area (Å²) < 4.78 is 10.6. The first-order chi connectivity index (χ1) is 12.5. The Balaban J connectivity index is 2.20. The van der Waals surface area contributed by atoms with Gasteiger partial charge in [0.1, 0.15) is 5.75 Å². The second kappa shape index (κ2) is 9.60. The van der Waals surface area contributed by atoms with Crippen LogP contribution in [0.3, 0.4) is 0 Å². The fourth-order valence-corrected chi connectivity index (χ4v) is 3.40. The van der Waals surface area contributed by atoms with E-state index < -0.39 is 5.97 Å². The number of rotatable bonds is 7. The van der Waals surface area contributed by atoms with Crippen molar-refractivity contribution in [3.8, 4) is 5.75 Å². The van der Waals surface area contributed by atoms with Crippen LogP contribution in [-0.4, -0.2) is 32.6 Å². The highest BCUT2D eigenvalue weighted by Gasteiger charge is 2.29. The first kappa shape index (κ1) is 20.3. The molecule has 1 aromatic rings. The average molecular weight is 361 g/mol. The van der Waals surface area contributed by atoms with E-state index in [4.69, 9.17) is 9.47 Å². The van der Waals surface area contributed by atoms with Crippen LogP contribution in [-0.2, 0) is 9.53 Å². The topological polar surface area (TPSA) is 55.8 Å². The maximum absolute atomic E-state index is 12.9. The molecule has 0 spiro atoms. The molecule has 0 atom stereocenters. The molecule has 1 aliphatic carbocycles. The molecule has 26 heavy (non-hydrogen) atoms. The van der Waals surface area contributed by atoms with E-state index in [0.717, 1.165) is 38.5 Å². The lowest BCUT2D eigenvalue weighted by Crippen LogP contribution is -2.35. The molecule has 0 aromatic heterocycles. The lowest BCUT2D eigenvalue weighted by molar-refractivity contribution is -0.123. The van der Waals surface area contributed by atoms with Gasteiger partial charge in [0.05, 0.1) is 25.0 Å². The summed E-state index contributed by atoms with van der Waals surface area (Å²) in [4.78, 5) is 26.8. The largest absolute Gasteiger partial charge is 0.494 e. The Labute approximate surface area is 156 Å². The van der Waals surface area contributed by atoms with E-state index in [1.807, 2.05) is 6.07 Å². The number of amides is 1. The van der Waals surface area contributed by atoms with Crippen molar-refractivity contribution < 1.29 is 19.1 Å². The van der Waals surface area contributed by atoms with Gasteiger partial charge in [-0.3, -0.25) is 4.79 Å². The van der Waals surface area contributed by atoms with Crippen LogP contribution in [0.25, 0.3) is 0 Å². The maximum atomic E-state index is 12.9. The number of methoxy groups -OCH3 is 1. The fraction of sp³-hybridized carbons (Fsp3) is 0.619. The molecule has 5 nitrogen and oxygen atoms in total. The van der Waals surface area contributed by atoms with Crippen molar-refractivity contribution in [3.63, 3.8) is 0 Å². The molecule has 0 bridgehead atoms. The van der Waals surface area contributed by atoms with Crippen LogP contribution < -0.4 is 9.64 Å². The van der Waals surface area contributed by atoms with E-state index in [2.05, 4.69) is 13.8 Å². The van der Waals surface area contributed by atoms with E-state index in [-0.39, 0.29) is 11.8 Å². The highest BCUT2D eigenvalue weighted by atomic mass is 16.5. The fourth-order valence-electron chi connectivity index (χ4n) is 3.40. The number of esters is 1. The maximum Gasteiger partial charge on any atom is 0.340 e. The summed E-state index contributed by atoms with van der Waals surface area (Å²) in [6, 6.07) is 5.25. The van der Waals surface area contributed by atoms with Crippen molar-refractivity contribution in [1.82, 2.24) is 0 Å². The van der Waals surface area contributed by atoms with Crippen LogP contribution in [0, 0.1) is 11.8 Å². The molecule has 0 heterocycles. The Morgan fingerprint density at radius 2 is 1.88 bits per heavy atom. The van der Waals surface area contributed by atoms with E-state index >= 15 is 0 Å². The number of hydrogen-bond acceptors (Lipinski definition) is 4. The van der Waals surface area contributed by atoms with Gasteiger partial charge < -0.3 is 14.4 Å². The van der Waals surface area contributed by atoms with Gasteiger partial charge in [-0.05, 0) is 56.2 Å². The molecule has 1 aliphatic rings. The normalized spacial score (nSPS) is 19.7. The molecule has 1 fully saturated rings. The summed E-state index contributed by atoms with van der Waals surface area (Å²) in [6.07, 6.45) is 5.98. The minimum atomic E-state index is -0.460. The Bertz CT molecular complexity index is 620. The number of carbonyl (C=O) groups is 2. The van der Waals surface area contributed by atoms with Crippen molar-refractivity contribution in [1.29, 1.82) is 0 Å². The summed E-state index contributed by atoms with van der Waals surface area (Å²) in [7, 11) is 3.08. The molecule has 0 unspecified atom stereocenters. The van der Waals surface area contributed by atoms with Gasteiger partial charge in [-0.25, -0.2) is 4.79 Å². The van der Waals surface area contributed by atoms with Gasteiger partial charge in [0.15, 0.2) is 0 Å². The quantitative estimate of drug-likeness (QED) is 0.532. The van der Waals surface area contributed by atoms with Gasteiger partial charge in [0, 0.05) is 13.0 Å². The summed E-state index contributed by atoms with van der Waals surface area (Å²) in [6.45, 7) is 4.93. The predicted octanol–water partition coefficient (Wildman–Crippen LogP) is 4.44. The Hall–Kier alpha value is -2.04. The number of hydrogen-bond donors (Lipinski definition) is 0. The van der Waals surface area contributed by atoms with E-state index in [1.165, 1.54) is 7.11 Å². The molecule has 0 saturated heterocycles. The number of unbranched alkanes of at least 4 members (excludes halogenated alkanes) is 1. The van der Waals surface area contributed by atoms with Gasteiger partial charge in [-0.2, -0.15) is 0 Å². The molecule has 0 N–H and O–H groups in total. The predicted molar refractivity (Wildman–Crippen MR) is 103 cm³/mol. The van der Waals surface area contributed by atoms with Gasteiger partial charge in [-0.15, -0.1) is 0 Å². The van der Waals surface area contributed by atoms with Crippen molar-refractivity contribution in [2.75, 3.05) is 25.7 Å². The summed E-state index contributed by atoms with van der Waals surface area (Å²) in [5.41, 5.74) is 0.935. The number of carbonyl (C=O) groups excluding carboxylic acids is 2. The van der Waals surface area contributed by atoms with Gasteiger partial charge in [0.2, 0.25) is 5.91 Å². The minimum absolute atomic E-state index is 0.0298. The number of nitrogens with zero attached hydrogens (tertiary/aromatic N) is 1. The zero-order chi connectivity index (χ0) is 19.1. The standard InChI is InChI=1S/C21H31NO4/c1-5-6-13-26-17-11-12-19(18(14-17)21(24)25-4)22(3)20(23)16-9-7-15(2)8-10-16/h11-12,14-16H,5-10,13H2,1-4H3/t15-,16-. The molecule has 0 aliphatic heterocycles. The minimum Gasteiger partial charge on any atom is -0.494 e. The zero-order valence-electron chi connectivity index (χ0n) is 16.4. The molecular formula is C21H31NO4. The smallest absolute Gasteiger partial charge is 0.340 e. The molecule has 1 aromatic carbocycles. The second-order valence-electron chi connectivity index (χ2n) is 7.23. The highest BCUT2D eigenvalue weighted by molar-refractivity contribution is 6.03. The molecule has 144 valence electrons. The summed E-state index contributed by atoms with van der Waals surface area (Å²) >= 11 is 0. The van der Waals surface area contributed by atoms with E-state index in [1.54, 1.807) is 24.1 Å². The van der Waals surface area contributed by atoms with Crippen LogP contribution in [0.5, 0.6) is 5.75 Å². The zero-order valence-corrected chi connectivity index (χ0v) is 16.4. The Morgan fingerprint density at radius 3 is 2.50 bits per heavy atom. The van der Waals surface area contributed by atoms with Crippen LogP contribution in [0.1, 0.15) is 62.7 Å². The van der Waals surface area contributed by atoms with Crippen molar-refractivity contribution in [2.24, 2.45) is 11.8 Å². The second-order valence-corrected chi connectivity index (χ2v) is 7.23. The molecule has 2 rings (SSSR count). The first-order valence-electron chi connectivity index (χ1n) is 9.60. The lowest BCUT2D eigenvalue weighted by Gasteiger charge is -2.29. The monoisotopic (exact) mass is 361 g/mol. The Kier molecular flexibility index (Phi) is 7.49. The highest BCUT2D eigenvalue weighted by Crippen LogP contribution is 2.32. The summed E-state index contributed by atoms with van der Waals surface area (Å²) in [5, 5.41) is 0. The van der Waals surface area contributed by atoms with Crippen LogP contribution >= 0.6 is 0 Å². The van der Waals surface area contributed by atoms with E-state index in [0.29, 0.717) is 29.5 Å².